The van der Waals surface area contributed by atoms with E-state index in [-0.39, 0.29) is 11.9 Å². The van der Waals surface area contributed by atoms with Gasteiger partial charge >= 0.3 is 5.97 Å². The van der Waals surface area contributed by atoms with Crippen LogP contribution in [0, 0.1) is 0 Å². The first-order chi connectivity index (χ1) is 9.47. The van der Waals surface area contributed by atoms with Crippen molar-refractivity contribution in [1.82, 2.24) is 5.32 Å². The second-order valence-corrected chi connectivity index (χ2v) is 5.25. The molecule has 1 heterocycles. The zero-order chi connectivity index (χ0) is 14.7. The number of carbonyl (C=O) groups is 2. The van der Waals surface area contributed by atoms with Crippen molar-refractivity contribution in [3.63, 3.8) is 0 Å². The third-order valence-electron chi connectivity index (χ3n) is 3.32. The van der Waals surface area contributed by atoms with E-state index < -0.39 is 18.2 Å². The summed E-state index contributed by atoms with van der Waals surface area (Å²) in [7, 11) is 0. The van der Waals surface area contributed by atoms with Crippen LogP contribution in [0.25, 0.3) is 0 Å². The van der Waals surface area contributed by atoms with E-state index in [4.69, 9.17) is 21.4 Å². The molecule has 1 saturated heterocycles. The number of benzene rings is 1. The molecule has 1 fully saturated rings. The number of aliphatic carboxylic acids is 1. The number of nitrogens with one attached hydrogen (secondary N) is 1. The zero-order valence-electron chi connectivity index (χ0n) is 11.0. The number of carbonyl (C=O) groups excluding carboxylic acids is 1. The molecule has 0 spiro atoms. The lowest BCUT2D eigenvalue weighted by Crippen LogP contribution is -2.37. The van der Waals surface area contributed by atoms with Gasteiger partial charge < -0.3 is 15.2 Å². The van der Waals surface area contributed by atoms with E-state index in [0.29, 0.717) is 17.9 Å². The standard InChI is InChI=1S/C14H16ClNO4/c1-8(9-2-4-10(15)5-3-9)16-13(17)11-6-7-12(20-11)14(18)19/h2-5,8,11-12H,6-7H2,1H3,(H,16,17)(H,18,19)/t8?,11-,12+/m0/s1. The summed E-state index contributed by atoms with van der Waals surface area (Å²) in [4.78, 5) is 22.8. The SMILES string of the molecule is CC(NC(=O)[C@@H]1CC[C@H](C(=O)O)O1)c1ccc(Cl)cc1. The maximum absolute atomic E-state index is 12.0. The van der Waals surface area contributed by atoms with E-state index >= 15 is 0 Å². The molecule has 2 N–H and O–H groups in total. The van der Waals surface area contributed by atoms with E-state index in [1.54, 1.807) is 12.1 Å². The summed E-state index contributed by atoms with van der Waals surface area (Å²) in [6, 6.07) is 7.00. The number of hydrogen-bond donors (Lipinski definition) is 2. The lowest BCUT2D eigenvalue weighted by Gasteiger charge is -2.17. The summed E-state index contributed by atoms with van der Waals surface area (Å²) in [5.41, 5.74) is 0.926. The van der Waals surface area contributed by atoms with Crippen LogP contribution in [0.3, 0.4) is 0 Å². The largest absolute Gasteiger partial charge is 0.479 e. The first-order valence-corrected chi connectivity index (χ1v) is 6.79. The lowest BCUT2D eigenvalue weighted by atomic mass is 10.1. The Bertz CT molecular complexity index is 502. The van der Waals surface area contributed by atoms with Crippen molar-refractivity contribution >= 4 is 23.5 Å². The minimum Gasteiger partial charge on any atom is -0.479 e. The molecule has 0 aromatic heterocycles. The average molecular weight is 298 g/mol. The van der Waals surface area contributed by atoms with E-state index in [9.17, 15) is 9.59 Å². The third-order valence-corrected chi connectivity index (χ3v) is 3.57. The van der Waals surface area contributed by atoms with Crippen molar-refractivity contribution in [2.45, 2.75) is 38.0 Å². The molecule has 20 heavy (non-hydrogen) atoms. The van der Waals surface area contributed by atoms with Crippen LogP contribution in [0.15, 0.2) is 24.3 Å². The van der Waals surface area contributed by atoms with E-state index in [1.807, 2.05) is 19.1 Å². The van der Waals surface area contributed by atoms with Gasteiger partial charge in [0.2, 0.25) is 5.91 Å². The topological polar surface area (TPSA) is 75.6 Å². The summed E-state index contributed by atoms with van der Waals surface area (Å²) in [5, 5.41) is 12.3. The number of carboxylic acid groups (broad SMARTS) is 1. The molecule has 0 aliphatic carbocycles. The quantitative estimate of drug-likeness (QED) is 0.893. The van der Waals surface area contributed by atoms with Crippen molar-refractivity contribution in [1.29, 1.82) is 0 Å². The van der Waals surface area contributed by atoms with Crippen molar-refractivity contribution < 1.29 is 19.4 Å². The van der Waals surface area contributed by atoms with Gasteiger partial charge in [-0.05, 0) is 37.5 Å². The molecule has 1 aromatic rings. The monoisotopic (exact) mass is 297 g/mol. The van der Waals surface area contributed by atoms with E-state index in [2.05, 4.69) is 5.32 Å². The number of amides is 1. The van der Waals surface area contributed by atoms with Crippen LogP contribution in [0.2, 0.25) is 5.02 Å². The number of hydrogen-bond acceptors (Lipinski definition) is 3. The second kappa shape index (κ2) is 6.24. The van der Waals surface area contributed by atoms with Gasteiger partial charge in [-0.15, -0.1) is 0 Å². The van der Waals surface area contributed by atoms with Crippen molar-refractivity contribution in [3.05, 3.63) is 34.9 Å². The van der Waals surface area contributed by atoms with Gasteiger partial charge in [0.1, 0.15) is 6.10 Å². The summed E-state index contributed by atoms with van der Waals surface area (Å²) >= 11 is 5.81. The van der Waals surface area contributed by atoms with Crippen LogP contribution in [0.4, 0.5) is 0 Å². The highest BCUT2D eigenvalue weighted by Gasteiger charge is 2.35. The summed E-state index contributed by atoms with van der Waals surface area (Å²) < 4.78 is 5.21. The van der Waals surface area contributed by atoms with Crippen LogP contribution in [0.1, 0.15) is 31.4 Å². The Morgan fingerprint density at radius 3 is 2.45 bits per heavy atom. The van der Waals surface area contributed by atoms with Crippen LogP contribution in [0.5, 0.6) is 0 Å². The molecule has 1 amide bonds. The molecule has 3 atom stereocenters. The van der Waals surface area contributed by atoms with Crippen LogP contribution in [-0.2, 0) is 14.3 Å². The fourth-order valence-electron chi connectivity index (χ4n) is 2.15. The molecule has 0 saturated carbocycles. The Labute approximate surface area is 121 Å². The van der Waals surface area contributed by atoms with Crippen molar-refractivity contribution in [3.8, 4) is 0 Å². The molecule has 1 aliphatic heterocycles. The Morgan fingerprint density at radius 2 is 1.90 bits per heavy atom. The number of carboxylic acids is 1. The number of halogens is 1. The highest BCUT2D eigenvalue weighted by molar-refractivity contribution is 6.30. The minimum atomic E-state index is -1.02. The smallest absolute Gasteiger partial charge is 0.332 e. The first-order valence-electron chi connectivity index (χ1n) is 6.41. The van der Waals surface area contributed by atoms with Gasteiger partial charge in [-0.3, -0.25) is 4.79 Å². The van der Waals surface area contributed by atoms with Crippen LogP contribution >= 0.6 is 11.6 Å². The van der Waals surface area contributed by atoms with Gasteiger partial charge in [0.15, 0.2) is 6.10 Å². The normalized spacial score (nSPS) is 23.3. The fraction of sp³-hybridized carbons (Fsp3) is 0.429. The molecular formula is C14H16ClNO4. The van der Waals surface area contributed by atoms with Gasteiger partial charge in [0.25, 0.3) is 0 Å². The first kappa shape index (κ1) is 14.8. The zero-order valence-corrected chi connectivity index (χ0v) is 11.8. The second-order valence-electron chi connectivity index (χ2n) is 4.81. The maximum Gasteiger partial charge on any atom is 0.332 e. The van der Waals surface area contributed by atoms with Gasteiger partial charge in [0, 0.05) is 5.02 Å². The molecule has 0 bridgehead atoms. The molecule has 0 radical (unpaired) electrons. The minimum absolute atomic E-state index is 0.188. The lowest BCUT2D eigenvalue weighted by molar-refractivity contribution is -0.151. The van der Waals surface area contributed by atoms with Gasteiger partial charge in [-0.25, -0.2) is 4.79 Å². The van der Waals surface area contributed by atoms with Crippen molar-refractivity contribution in [2.75, 3.05) is 0 Å². The Kier molecular flexibility index (Phi) is 4.62. The molecule has 5 nitrogen and oxygen atoms in total. The predicted octanol–water partition coefficient (Wildman–Crippen LogP) is 2.15. The summed E-state index contributed by atoms with van der Waals surface area (Å²) in [5.74, 6) is -1.30. The Morgan fingerprint density at radius 1 is 1.30 bits per heavy atom. The fourth-order valence-corrected chi connectivity index (χ4v) is 2.28. The predicted molar refractivity (Wildman–Crippen MR) is 73.5 cm³/mol. The molecule has 6 heteroatoms. The summed E-state index contributed by atoms with van der Waals surface area (Å²) in [6.45, 7) is 1.85. The number of ether oxygens (including phenoxy) is 1. The molecule has 108 valence electrons. The Balaban J connectivity index is 1.91. The van der Waals surface area contributed by atoms with Gasteiger partial charge in [0.05, 0.1) is 6.04 Å². The number of rotatable bonds is 4. The molecular weight excluding hydrogens is 282 g/mol. The van der Waals surface area contributed by atoms with E-state index in [0.717, 1.165) is 5.56 Å². The average Bonchev–Trinajstić information content (AvgIpc) is 2.89. The van der Waals surface area contributed by atoms with Crippen LogP contribution < -0.4 is 5.32 Å². The van der Waals surface area contributed by atoms with Gasteiger partial charge in [-0.2, -0.15) is 0 Å². The molecule has 1 aliphatic rings. The molecule has 1 unspecified atom stereocenters. The maximum atomic E-state index is 12.0. The van der Waals surface area contributed by atoms with Crippen molar-refractivity contribution in [2.24, 2.45) is 0 Å². The highest BCUT2D eigenvalue weighted by Crippen LogP contribution is 2.22. The highest BCUT2D eigenvalue weighted by atomic mass is 35.5. The van der Waals surface area contributed by atoms with Gasteiger partial charge in [-0.1, -0.05) is 23.7 Å². The summed E-state index contributed by atoms with van der Waals surface area (Å²) in [6.07, 6.45) is -0.777. The molecule has 2 rings (SSSR count). The third kappa shape index (κ3) is 3.49. The molecule has 1 aromatic carbocycles. The van der Waals surface area contributed by atoms with Crippen LogP contribution in [-0.4, -0.2) is 29.2 Å². The van der Waals surface area contributed by atoms with E-state index in [1.165, 1.54) is 0 Å². The Hall–Kier alpha value is -1.59.